The second-order valence-corrected chi connectivity index (χ2v) is 4.95. The number of nitrogens with one attached hydrogen (secondary N) is 1. The maximum absolute atomic E-state index is 11.6. The minimum atomic E-state index is -0.0271. The number of carbonyl (C=O) groups excluding carboxylic acids is 1. The van der Waals surface area contributed by atoms with E-state index in [9.17, 15) is 4.79 Å². The first kappa shape index (κ1) is 16.5. The van der Waals surface area contributed by atoms with Crippen LogP contribution in [-0.4, -0.2) is 19.1 Å². The summed E-state index contributed by atoms with van der Waals surface area (Å²) in [4.78, 5) is 11.6. The Morgan fingerprint density at radius 2 is 1.80 bits per heavy atom. The summed E-state index contributed by atoms with van der Waals surface area (Å²) in [5.74, 6) is -0.0271. The Balaban J connectivity index is 2.01. The van der Waals surface area contributed by atoms with E-state index >= 15 is 0 Å². The molecule has 0 saturated heterocycles. The molecule has 0 heterocycles. The third kappa shape index (κ3) is 7.79. The Kier molecular flexibility index (Phi) is 8.47. The topological polar surface area (TPSA) is 64.3 Å². The number of unbranched alkanes of at least 4 members (excludes halogenated alkanes) is 4. The van der Waals surface area contributed by atoms with Gasteiger partial charge in [0.25, 0.3) is 0 Å². The van der Waals surface area contributed by atoms with Gasteiger partial charge in [-0.2, -0.15) is 0 Å². The van der Waals surface area contributed by atoms with Gasteiger partial charge < -0.3 is 15.8 Å². The summed E-state index contributed by atoms with van der Waals surface area (Å²) in [7, 11) is 0. The van der Waals surface area contributed by atoms with Gasteiger partial charge >= 0.3 is 0 Å². The Bertz CT molecular complexity index is 377. The molecule has 0 aliphatic carbocycles. The fraction of sp³-hybridized carbons (Fsp3) is 0.562. The highest BCUT2D eigenvalue weighted by Gasteiger charge is 2.02. The Morgan fingerprint density at radius 1 is 1.10 bits per heavy atom. The molecule has 4 heteroatoms. The molecule has 1 aromatic carbocycles. The van der Waals surface area contributed by atoms with E-state index in [1.807, 2.05) is 0 Å². The molecule has 20 heavy (non-hydrogen) atoms. The van der Waals surface area contributed by atoms with Crippen molar-refractivity contribution < 1.29 is 9.53 Å². The monoisotopic (exact) mass is 278 g/mol. The molecule has 4 nitrogen and oxygen atoms in total. The molecule has 3 N–H and O–H groups in total. The van der Waals surface area contributed by atoms with Crippen molar-refractivity contribution in [2.75, 3.05) is 24.3 Å². The van der Waals surface area contributed by atoms with E-state index in [1.54, 1.807) is 24.3 Å². The van der Waals surface area contributed by atoms with Crippen LogP contribution in [0.15, 0.2) is 24.3 Å². The molecule has 0 radical (unpaired) electrons. The first-order valence-corrected chi connectivity index (χ1v) is 7.45. The van der Waals surface area contributed by atoms with Crippen LogP contribution in [0.25, 0.3) is 0 Å². The van der Waals surface area contributed by atoms with Crippen LogP contribution in [0, 0.1) is 0 Å². The van der Waals surface area contributed by atoms with E-state index in [-0.39, 0.29) is 5.91 Å². The third-order valence-electron chi connectivity index (χ3n) is 3.06. The average molecular weight is 278 g/mol. The summed E-state index contributed by atoms with van der Waals surface area (Å²) in [5, 5.41) is 2.81. The minimum absolute atomic E-state index is 0.0271. The molecule has 0 aromatic heterocycles. The molecule has 0 spiro atoms. The van der Waals surface area contributed by atoms with Gasteiger partial charge in [0, 0.05) is 18.0 Å². The van der Waals surface area contributed by atoms with Gasteiger partial charge in [0.05, 0.1) is 13.0 Å². The van der Waals surface area contributed by atoms with Crippen molar-refractivity contribution in [3.05, 3.63) is 24.3 Å². The smallest absolute Gasteiger partial charge is 0.226 e. The summed E-state index contributed by atoms with van der Waals surface area (Å²) in [6, 6.07) is 7.12. The molecule has 112 valence electrons. The summed E-state index contributed by atoms with van der Waals surface area (Å²) >= 11 is 0. The first-order chi connectivity index (χ1) is 9.72. The van der Waals surface area contributed by atoms with Crippen LogP contribution < -0.4 is 11.1 Å². The van der Waals surface area contributed by atoms with E-state index in [0.717, 1.165) is 18.7 Å². The molecule has 0 unspecified atom stereocenters. The van der Waals surface area contributed by atoms with Gasteiger partial charge in [-0.15, -0.1) is 0 Å². The van der Waals surface area contributed by atoms with Gasteiger partial charge in [-0.3, -0.25) is 4.79 Å². The molecular formula is C16H26N2O2. The van der Waals surface area contributed by atoms with E-state index in [0.29, 0.717) is 18.7 Å². The number of benzene rings is 1. The van der Waals surface area contributed by atoms with Gasteiger partial charge in [-0.1, -0.05) is 32.6 Å². The van der Waals surface area contributed by atoms with Gasteiger partial charge in [0.2, 0.25) is 5.91 Å². The maximum Gasteiger partial charge on any atom is 0.226 e. The molecule has 0 atom stereocenters. The number of carbonyl (C=O) groups is 1. The molecule has 0 aliphatic heterocycles. The normalized spacial score (nSPS) is 10.4. The lowest BCUT2D eigenvalue weighted by atomic mass is 10.2. The number of hydrogen-bond donors (Lipinski definition) is 2. The molecule has 0 fully saturated rings. The van der Waals surface area contributed by atoms with Crippen LogP contribution in [0.3, 0.4) is 0 Å². The summed E-state index contributed by atoms with van der Waals surface area (Å²) < 4.78 is 5.46. The quantitative estimate of drug-likeness (QED) is 0.508. The van der Waals surface area contributed by atoms with Crippen LogP contribution in [0.5, 0.6) is 0 Å². The van der Waals surface area contributed by atoms with Gasteiger partial charge in [-0.25, -0.2) is 0 Å². The van der Waals surface area contributed by atoms with Crippen LogP contribution in [0.2, 0.25) is 0 Å². The van der Waals surface area contributed by atoms with Gasteiger partial charge in [0.1, 0.15) is 0 Å². The maximum atomic E-state index is 11.6. The Hall–Kier alpha value is -1.55. The van der Waals surface area contributed by atoms with E-state index < -0.39 is 0 Å². The summed E-state index contributed by atoms with van der Waals surface area (Å²) in [5.41, 5.74) is 7.04. The molecular weight excluding hydrogens is 252 g/mol. The molecule has 0 aliphatic rings. The molecule has 0 saturated carbocycles. The number of amides is 1. The largest absolute Gasteiger partial charge is 0.399 e. The average Bonchev–Trinajstić information content (AvgIpc) is 2.44. The van der Waals surface area contributed by atoms with E-state index in [1.165, 1.54) is 25.7 Å². The number of hydrogen-bond acceptors (Lipinski definition) is 3. The van der Waals surface area contributed by atoms with Crippen LogP contribution in [-0.2, 0) is 9.53 Å². The van der Waals surface area contributed by atoms with Crippen molar-refractivity contribution in [2.24, 2.45) is 0 Å². The number of ether oxygens (including phenoxy) is 1. The summed E-state index contributed by atoms with van der Waals surface area (Å²) in [6.45, 7) is 3.43. The number of anilines is 2. The lowest BCUT2D eigenvalue weighted by molar-refractivity contribution is -0.117. The second-order valence-electron chi connectivity index (χ2n) is 4.95. The minimum Gasteiger partial charge on any atom is -0.399 e. The van der Waals surface area contributed by atoms with Crippen molar-refractivity contribution >= 4 is 17.3 Å². The fourth-order valence-electron chi connectivity index (χ4n) is 1.86. The highest BCUT2D eigenvalue weighted by atomic mass is 16.5. The van der Waals surface area contributed by atoms with Crippen LogP contribution in [0.4, 0.5) is 11.4 Å². The highest BCUT2D eigenvalue weighted by Crippen LogP contribution is 2.10. The predicted molar refractivity (Wildman–Crippen MR) is 83.7 cm³/mol. The van der Waals surface area contributed by atoms with Gasteiger partial charge in [-0.05, 0) is 30.7 Å². The third-order valence-corrected chi connectivity index (χ3v) is 3.06. The van der Waals surface area contributed by atoms with Crippen molar-refractivity contribution in [3.8, 4) is 0 Å². The SMILES string of the molecule is CCCCCCCOCCC(=O)Nc1ccc(N)cc1. The lowest BCUT2D eigenvalue weighted by Gasteiger charge is -2.06. The Labute approximate surface area is 121 Å². The fourth-order valence-corrected chi connectivity index (χ4v) is 1.86. The molecule has 1 rings (SSSR count). The highest BCUT2D eigenvalue weighted by molar-refractivity contribution is 5.90. The van der Waals surface area contributed by atoms with Crippen molar-refractivity contribution in [1.29, 1.82) is 0 Å². The number of nitrogens with two attached hydrogens (primary N) is 1. The van der Waals surface area contributed by atoms with E-state index in [2.05, 4.69) is 12.2 Å². The van der Waals surface area contributed by atoms with Crippen molar-refractivity contribution in [1.82, 2.24) is 0 Å². The lowest BCUT2D eigenvalue weighted by Crippen LogP contribution is -2.14. The second kappa shape index (κ2) is 10.3. The standard InChI is InChI=1S/C16H26N2O2/c1-2-3-4-5-6-12-20-13-11-16(19)18-15-9-7-14(17)8-10-15/h7-10H,2-6,11-13,17H2,1H3,(H,18,19). The van der Waals surface area contributed by atoms with Crippen LogP contribution in [0.1, 0.15) is 45.4 Å². The van der Waals surface area contributed by atoms with Crippen molar-refractivity contribution in [2.45, 2.75) is 45.4 Å². The summed E-state index contributed by atoms with van der Waals surface area (Å²) in [6.07, 6.45) is 6.51. The molecule has 0 bridgehead atoms. The van der Waals surface area contributed by atoms with Crippen molar-refractivity contribution in [3.63, 3.8) is 0 Å². The number of rotatable bonds is 10. The zero-order chi connectivity index (χ0) is 14.6. The predicted octanol–water partition coefficient (Wildman–Crippen LogP) is 3.58. The molecule has 1 amide bonds. The zero-order valence-electron chi connectivity index (χ0n) is 12.4. The van der Waals surface area contributed by atoms with E-state index in [4.69, 9.17) is 10.5 Å². The Morgan fingerprint density at radius 3 is 2.50 bits per heavy atom. The first-order valence-electron chi connectivity index (χ1n) is 7.45. The molecule has 1 aromatic rings. The van der Waals surface area contributed by atoms with Gasteiger partial charge in [0.15, 0.2) is 0 Å². The van der Waals surface area contributed by atoms with Crippen LogP contribution >= 0.6 is 0 Å². The number of nitrogen functional groups attached to an aromatic ring is 1. The zero-order valence-corrected chi connectivity index (χ0v) is 12.4.